The second kappa shape index (κ2) is 9.60. The van der Waals surface area contributed by atoms with Gasteiger partial charge in [0, 0.05) is 31.9 Å². The Bertz CT molecular complexity index is 750. The van der Waals surface area contributed by atoms with Crippen molar-refractivity contribution in [2.45, 2.75) is 33.0 Å². The maximum absolute atomic E-state index is 12.2. The molecule has 0 aliphatic carbocycles. The Balaban J connectivity index is 2.09. The Labute approximate surface area is 170 Å². The average molecular weight is 408 g/mol. The number of hydrogen-bond donors (Lipinski definition) is 1. The second-order valence-corrected chi connectivity index (χ2v) is 7.72. The summed E-state index contributed by atoms with van der Waals surface area (Å²) in [4.78, 5) is 38.6. The molecular weight excluding hydrogens is 380 g/mol. The molecule has 2 rings (SSSR count). The van der Waals surface area contributed by atoms with E-state index in [1.807, 2.05) is 31.7 Å². The van der Waals surface area contributed by atoms with Crippen LogP contribution in [0.3, 0.4) is 0 Å². The molecule has 1 aliphatic heterocycles. The SMILES string of the molecule is COC(=O)c1cc(COCC(=O)O)cc(N2CCN(C(=O)OC(C)(C)C)CC2)c1. The Kier molecular flexibility index (Phi) is 7.44. The molecule has 1 amide bonds. The normalized spacial score (nSPS) is 14.5. The van der Waals surface area contributed by atoms with Crippen molar-refractivity contribution in [3.63, 3.8) is 0 Å². The molecule has 9 nitrogen and oxygen atoms in total. The van der Waals surface area contributed by atoms with E-state index in [1.54, 1.807) is 17.0 Å². The highest BCUT2D eigenvalue weighted by molar-refractivity contribution is 5.90. The topological polar surface area (TPSA) is 106 Å². The second-order valence-electron chi connectivity index (χ2n) is 7.72. The molecule has 0 unspecified atom stereocenters. The van der Waals surface area contributed by atoms with Crippen LogP contribution in [0.25, 0.3) is 0 Å². The Morgan fingerprint density at radius 2 is 1.72 bits per heavy atom. The van der Waals surface area contributed by atoms with Crippen LogP contribution in [-0.2, 0) is 25.6 Å². The Hall–Kier alpha value is -2.81. The molecule has 0 aromatic heterocycles. The van der Waals surface area contributed by atoms with Crippen LogP contribution in [0.5, 0.6) is 0 Å². The summed E-state index contributed by atoms with van der Waals surface area (Å²) in [6.07, 6.45) is -0.344. The number of carbonyl (C=O) groups is 3. The van der Waals surface area contributed by atoms with Gasteiger partial charge in [-0.3, -0.25) is 0 Å². The predicted octanol–water partition coefficient (Wildman–Crippen LogP) is 2.13. The van der Waals surface area contributed by atoms with E-state index in [9.17, 15) is 14.4 Å². The number of nitrogens with zero attached hydrogens (tertiary/aromatic N) is 2. The van der Waals surface area contributed by atoms with Crippen LogP contribution in [0.4, 0.5) is 10.5 Å². The minimum absolute atomic E-state index is 0.0575. The van der Waals surface area contributed by atoms with Gasteiger partial charge in [-0.15, -0.1) is 0 Å². The van der Waals surface area contributed by atoms with Gasteiger partial charge in [0.1, 0.15) is 12.2 Å². The first-order chi connectivity index (χ1) is 13.6. The van der Waals surface area contributed by atoms with E-state index in [2.05, 4.69) is 0 Å². The largest absolute Gasteiger partial charge is 0.480 e. The van der Waals surface area contributed by atoms with Crippen LogP contribution in [0.1, 0.15) is 36.7 Å². The molecule has 1 aromatic rings. The highest BCUT2D eigenvalue weighted by atomic mass is 16.6. The van der Waals surface area contributed by atoms with Crippen molar-refractivity contribution >= 4 is 23.7 Å². The average Bonchev–Trinajstić information content (AvgIpc) is 2.65. The van der Waals surface area contributed by atoms with Crippen LogP contribution in [-0.4, -0.2) is 73.5 Å². The fourth-order valence-corrected chi connectivity index (χ4v) is 2.91. The molecular formula is C20H28N2O7. The molecule has 160 valence electrons. The number of esters is 1. The summed E-state index contributed by atoms with van der Waals surface area (Å²) < 4.78 is 15.4. The third kappa shape index (κ3) is 6.94. The fourth-order valence-electron chi connectivity index (χ4n) is 2.91. The third-order valence-corrected chi connectivity index (χ3v) is 4.19. The maximum Gasteiger partial charge on any atom is 0.410 e. The first-order valence-corrected chi connectivity index (χ1v) is 9.34. The summed E-state index contributed by atoms with van der Waals surface area (Å²) in [5.74, 6) is -1.55. The van der Waals surface area contributed by atoms with Crippen molar-refractivity contribution in [3.05, 3.63) is 29.3 Å². The number of methoxy groups -OCH3 is 1. The third-order valence-electron chi connectivity index (χ3n) is 4.19. The number of aliphatic carboxylic acids is 1. The molecule has 1 aromatic carbocycles. The summed E-state index contributed by atoms with van der Waals surface area (Å²) in [5, 5.41) is 8.72. The van der Waals surface area contributed by atoms with Crippen molar-refractivity contribution in [1.82, 2.24) is 4.90 Å². The van der Waals surface area contributed by atoms with Crippen molar-refractivity contribution < 1.29 is 33.7 Å². The zero-order valence-corrected chi connectivity index (χ0v) is 17.3. The molecule has 1 saturated heterocycles. The van der Waals surface area contributed by atoms with Gasteiger partial charge in [-0.05, 0) is 44.5 Å². The van der Waals surface area contributed by atoms with Crippen LogP contribution in [0, 0.1) is 0 Å². The number of rotatable bonds is 6. The van der Waals surface area contributed by atoms with Gasteiger partial charge in [0.25, 0.3) is 0 Å². The lowest BCUT2D eigenvalue weighted by Gasteiger charge is -2.37. The standard InChI is InChI=1S/C20H28N2O7/c1-20(2,3)29-19(26)22-7-5-21(6-8-22)16-10-14(12-28-13-17(23)24)9-15(11-16)18(25)27-4/h9-11H,5-8,12-13H2,1-4H3,(H,23,24). The molecule has 0 radical (unpaired) electrons. The van der Waals surface area contributed by atoms with Crippen LogP contribution in [0.15, 0.2) is 18.2 Å². The van der Waals surface area contributed by atoms with Crippen molar-refractivity contribution in [2.24, 2.45) is 0 Å². The van der Waals surface area contributed by atoms with E-state index in [0.29, 0.717) is 37.3 Å². The number of carboxylic acid groups (broad SMARTS) is 1. The molecule has 0 atom stereocenters. The van der Waals surface area contributed by atoms with Gasteiger partial charge < -0.3 is 29.1 Å². The fraction of sp³-hybridized carbons (Fsp3) is 0.550. The lowest BCUT2D eigenvalue weighted by atomic mass is 10.1. The highest BCUT2D eigenvalue weighted by Crippen LogP contribution is 2.23. The van der Waals surface area contributed by atoms with Gasteiger partial charge in [-0.2, -0.15) is 0 Å². The van der Waals surface area contributed by atoms with Crippen LogP contribution >= 0.6 is 0 Å². The molecule has 9 heteroatoms. The first-order valence-electron chi connectivity index (χ1n) is 9.34. The molecule has 1 heterocycles. The van der Waals surface area contributed by atoms with Gasteiger partial charge >= 0.3 is 18.0 Å². The molecule has 1 N–H and O–H groups in total. The van der Waals surface area contributed by atoms with Crippen LogP contribution in [0.2, 0.25) is 0 Å². The van der Waals surface area contributed by atoms with Crippen molar-refractivity contribution in [2.75, 3.05) is 44.8 Å². The molecule has 1 fully saturated rings. The van der Waals surface area contributed by atoms with E-state index < -0.39 is 24.1 Å². The minimum atomic E-state index is -1.06. The number of hydrogen-bond acceptors (Lipinski definition) is 7. The van der Waals surface area contributed by atoms with Gasteiger partial charge in [-0.1, -0.05) is 0 Å². The zero-order valence-electron chi connectivity index (χ0n) is 17.3. The van der Waals surface area contributed by atoms with Crippen molar-refractivity contribution in [1.29, 1.82) is 0 Å². The Morgan fingerprint density at radius 3 is 2.28 bits per heavy atom. The number of anilines is 1. The predicted molar refractivity (Wildman–Crippen MR) is 105 cm³/mol. The highest BCUT2D eigenvalue weighted by Gasteiger charge is 2.26. The van der Waals surface area contributed by atoms with Gasteiger partial charge in [0.2, 0.25) is 0 Å². The summed E-state index contributed by atoms with van der Waals surface area (Å²) in [7, 11) is 1.30. The van der Waals surface area contributed by atoms with Gasteiger partial charge in [0.15, 0.2) is 0 Å². The number of carbonyl (C=O) groups excluding carboxylic acids is 2. The summed E-state index contributed by atoms with van der Waals surface area (Å²) in [6, 6.07) is 5.18. The maximum atomic E-state index is 12.2. The Morgan fingerprint density at radius 1 is 1.07 bits per heavy atom. The lowest BCUT2D eigenvalue weighted by Crippen LogP contribution is -2.50. The minimum Gasteiger partial charge on any atom is -0.480 e. The summed E-state index contributed by atoms with van der Waals surface area (Å²) in [6.45, 7) is 7.23. The number of piperazine rings is 1. The van der Waals surface area contributed by atoms with E-state index in [1.165, 1.54) is 7.11 Å². The van der Waals surface area contributed by atoms with E-state index in [4.69, 9.17) is 19.3 Å². The van der Waals surface area contributed by atoms with E-state index in [-0.39, 0.29) is 12.7 Å². The molecule has 0 bridgehead atoms. The monoisotopic (exact) mass is 408 g/mol. The lowest BCUT2D eigenvalue weighted by molar-refractivity contribution is -0.142. The molecule has 1 aliphatic rings. The number of ether oxygens (including phenoxy) is 3. The summed E-state index contributed by atoms with van der Waals surface area (Å²) in [5.41, 5.74) is 1.26. The zero-order chi connectivity index (χ0) is 21.6. The quantitative estimate of drug-likeness (QED) is 0.714. The van der Waals surface area contributed by atoms with Gasteiger partial charge in [0.05, 0.1) is 19.3 Å². The molecule has 0 spiro atoms. The van der Waals surface area contributed by atoms with Crippen LogP contribution < -0.4 is 4.90 Å². The van der Waals surface area contributed by atoms with Crippen molar-refractivity contribution in [3.8, 4) is 0 Å². The summed E-state index contributed by atoms with van der Waals surface area (Å²) >= 11 is 0. The van der Waals surface area contributed by atoms with Gasteiger partial charge in [-0.25, -0.2) is 14.4 Å². The molecule has 29 heavy (non-hydrogen) atoms. The van der Waals surface area contributed by atoms with E-state index in [0.717, 1.165) is 5.69 Å². The molecule has 0 saturated carbocycles. The number of carboxylic acids is 1. The smallest absolute Gasteiger partial charge is 0.410 e. The first kappa shape index (κ1) is 22.5. The van der Waals surface area contributed by atoms with E-state index >= 15 is 0 Å². The number of benzene rings is 1. The number of amides is 1.